The van der Waals surface area contributed by atoms with Gasteiger partial charge in [0.05, 0.1) is 5.92 Å². The van der Waals surface area contributed by atoms with Crippen molar-refractivity contribution >= 4 is 17.7 Å². The molecule has 3 aliphatic heterocycles. The first kappa shape index (κ1) is 19.7. The maximum atomic E-state index is 12.6. The normalized spacial score (nSPS) is 27.2. The van der Waals surface area contributed by atoms with E-state index < -0.39 is 0 Å². The molecular formula is C22H35N3O3. The Morgan fingerprint density at radius 3 is 2.18 bits per heavy atom. The van der Waals surface area contributed by atoms with E-state index in [2.05, 4.69) is 0 Å². The van der Waals surface area contributed by atoms with E-state index in [4.69, 9.17) is 0 Å². The minimum atomic E-state index is -0.140. The first-order chi connectivity index (χ1) is 13.6. The molecule has 4 fully saturated rings. The molecule has 0 radical (unpaired) electrons. The summed E-state index contributed by atoms with van der Waals surface area (Å²) >= 11 is 0. The topological polar surface area (TPSA) is 60.9 Å². The fraction of sp³-hybridized carbons (Fsp3) is 0.864. The lowest BCUT2D eigenvalue weighted by Crippen LogP contribution is -2.42. The van der Waals surface area contributed by atoms with Crippen molar-refractivity contribution in [2.24, 2.45) is 17.8 Å². The van der Waals surface area contributed by atoms with Crippen molar-refractivity contribution in [1.29, 1.82) is 0 Å². The summed E-state index contributed by atoms with van der Waals surface area (Å²) in [5.41, 5.74) is 0. The van der Waals surface area contributed by atoms with Crippen LogP contribution in [0.5, 0.6) is 0 Å². The van der Waals surface area contributed by atoms with Crippen molar-refractivity contribution in [3.05, 3.63) is 0 Å². The fourth-order valence-electron chi connectivity index (χ4n) is 5.58. The number of rotatable bonds is 5. The molecule has 0 spiro atoms. The van der Waals surface area contributed by atoms with E-state index in [1.165, 1.54) is 25.7 Å². The van der Waals surface area contributed by atoms with Gasteiger partial charge >= 0.3 is 0 Å². The second-order valence-corrected chi connectivity index (χ2v) is 9.41. The zero-order valence-corrected chi connectivity index (χ0v) is 17.1. The van der Waals surface area contributed by atoms with E-state index in [-0.39, 0.29) is 17.7 Å². The van der Waals surface area contributed by atoms with Crippen molar-refractivity contribution in [3.63, 3.8) is 0 Å². The van der Waals surface area contributed by atoms with Crippen LogP contribution in [0, 0.1) is 17.8 Å². The molecule has 1 atom stereocenters. The molecule has 28 heavy (non-hydrogen) atoms. The molecule has 3 amide bonds. The van der Waals surface area contributed by atoms with Gasteiger partial charge in [-0.25, -0.2) is 0 Å². The molecule has 0 aromatic carbocycles. The number of carbonyl (C=O) groups is 3. The van der Waals surface area contributed by atoms with Gasteiger partial charge in [0.25, 0.3) is 0 Å². The SMILES string of the molecule is O=C(CC1CCCC1)N1CCC(CN2CC(C(=O)N3CCCC3)CC2=O)CC1. The molecule has 1 unspecified atom stereocenters. The van der Waals surface area contributed by atoms with Gasteiger partial charge in [0.1, 0.15) is 0 Å². The molecule has 156 valence electrons. The molecule has 6 nitrogen and oxygen atoms in total. The van der Waals surface area contributed by atoms with Crippen molar-refractivity contribution in [2.45, 2.75) is 64.2 Å². The van der Waals surface area contributed by atoms with Crippen LogP contribution in [-0.2, 0) is 14.4 Å². The number of hydrogen-bond donors (Lipinski definition) is 0. The van der Waals surface area contributed by atoms with Gasteiger partial charge in [0.2, 0.25) is 17.7 Å². The van der Waals surface area contributed by atoms with Gasteiger partial charge in [-0.1, -0.05) is 12.8 Å². The third-order valence-electron chi connectivity index (χ3n) is 7.37. The maximum absolute atomic E-state index is 12.6. The largest absolute Gasteiger partial charge is 0.343 e. The molecule has 0 aromatic rings. The molecule has 4 rings (SSSR count). The minimum absolute atomic E-state index is 0.136. The summed E-state index contributed by atoms with van der Waals surface area (Å²) in [6.45, 7) is 4.72. The van der Waals surface area contributed by atoms with Crippen LogP contribution in [0.1, 0.15) is 64.2 Å². The summed E-state index contributed by atoms with van der Waals surface area (Å²) in [5.74, 6) is 1.58. The van der Waals surface area contributed by atoms with Crippen LogP contribution >= 0.6 is 0 Å². The van der Waals surface area contributed by atoms with Gasteiger partial charge in [-0.05, 0) is 50.4 Å². The van der Waals surface area contributed by atoms with Gasteiger partial charge in [0, 0.05) is 52.1 Å². The van der Waals surface area contributed by atoms with Crippen molar-refractivity contribution in [3.8, 4) is 0 Å². The van der Waals surface area contributed by atoms with Gasteiger partial charge < -0.3 is 14.7 Å². The number of piperidine rings is 1. The molecule has 1 saturated carbocycles. The molecule has 0 bridgehead atoms. The quantitative estimate of drug-likeness (QED) is 0.725. The Bertz CT molecular complexity index is 588. The van der Waals surface area contributed by atoms with Crippen LogP contribution in [0.15, 0.2) is 0 Å². The van der Waals surface area contributed by atoms with Gasteiger partial charge in [-0.3, -0.25) is 14.4 Å². The van der Waals surface area contributed by atoms with Gasteiger partial charge in [-0.15, -0.1) is 0 Å². The summed E-state index contributed by atoms with van der Waals surface area (Å²) < 4.78 is 0. The molecule has 0 N–H and O–H groups in total. The van der Waals surface area contributed by atoms with E-state index >= 15 is 0 Å². The van der Waals surface area contributed by atoms with Gasteiger partial charge in [0.15, 0.2) is 0 Å². The Morgan fingerprint density at radius 1 is 0.821 bits per heavy atom. The van der Waals surface area contributed by atoms with Crippen LogP contribution in [0.4, 0.5) is 0 Å². The zero-order valence-electron chi connectivity index (χ0n) is 17.1. The summed E-state index contributed by atoms with van der Waals surface area (Å²) in [6.07, 6.45) is 10.3. The first-order valence-corrected chi connectivity index (χ1v) is 11.4. The highest BCUT2D eigenvalue weighted by atomic mass is 16.2. The van der Waals surface area contributed by atoms with E-state index in [0.717, 1.165) is 64.8 Å². The van der Waals surface area contributed by atoms with Crippen LogP contribution in [0.3, 0.4) is 0 Å². The molecule has 6 heteroatoms. The Balaban J connectivity index is 1.20. The summed E-state index contributed by atoms with van der Waals surface area (Å²) in [6, 6.07) is 0. The van der Waals surface area contributed by atoms with Crippen LogP contribution in [-0.4, -0.2) is 71.7 Å². The third kappa shape index (κ3) is 4.52. The second kappa shape index (κ2) is 8.83. The Kier molecular flexibility index (Phi) is 6.22. The average Bonchev–Trinajstić information content (AvgIpc) is 3.45. The Morgan fingerprint density at radius 2 is 1.50 bits per heavy atom. The molecule has 3 saturated heterocycles. The molecule has 3 heterocycles. The monoisotopic (exact) mass is 389 g/mol. The Hall–Kier alpha value is -1.59. The molecule has 1 aliphatic carbocycles. The lowest BCUT2D eigenvalue weighted by Gasteiger charge is -2.34. The number of hydrogen-bond acceptors (Lipinski definition) is 3. The summed E-state index contributed by atoms with van der Waals surface area (Å²) in [7, 11) is 0. The number of amides is 3. The number of likely N-dealkylation sites (tertiary alicyclic amines) is 3. The molecule has 4 aliphatic rings. The highest BCUT2D eigenvalue weighted by molar-refractivity contribution is 5.89. The lowest BCUT2D eigenvalue weighted by molar-refractivity contribution is -0.135. The lowest BCUT2D eigenvalue weighted by atomic mass is 9.95. The Labute approximate surface area is 168 Å². The van der Waals surface area contributed by atoms with E-state index in [9.17, 15) is 14.4 Å². The predicted molar refractivity (Wildman–Crippen MR) is 106 cm³/mol. The predicted octanol–water partition coefficient (Wildman–Crippen LogP) is 2.28. The van der Waals surface area contributed by atoms with E-state index in [0.29, 0.717) is 30.7 Å². The zero-order chi connectivity index (χ0) is 19.5. The summed E-state index contributed by atoms with van der Waals surface area (Å²) in [5, 5.41) is 0. The highest BCUT2D eigenvalue weighted by Gasteiger charge is 2.38. The van der Waals surface area contributed by atoms with Crippen molar-refractivity contribution in [2.75, 3.05) is 39.3 Å². The standard InChI is InChI=1S/C22H35N3O3/c26-20(13-17-5-1-2-6-17)23-11-7-18(8-12-23)15-25-16-19(14-21(25)27)22(28)24-9-3-4-10-24/h17-19H,1-16H2. The minimum Gasteiger partial charge on any atom is -0.343 e. The second-order valence-electron chi connectivity index (χ2n) is 9.41. The van der Waals surface area contributed by atoms with E-state index in [1.54, 1.807) is 0 Å². The number of carbonyl (C=O) groups excluding carboxylic acids is 3. The first-order valence-electron chi connectivity index (χ1n) is 11.4. The maximum Gasteiger partial charge on any atom is 0.227 e. The van der Waals surface area contributed by atoms with Crippen molar-refractivity contribution in [1.82, 2.24) is 14.7 Å². The molecule has 0 aromatic heterocycles. The van der Waals surface area contributed by atoms with Crippen LogP contribution < -0.4 is 0 Å². The highest BCUT2D eigenvalue weighted by Crippen LogP contribution is 2.30. The van der Waals surface area contributed by atoms with Crippen LogP contribution in [0.25, 0.3) is 0 Å². The smallest absolute Gasteiger partial charge is 0.227 e. The van der Waals surface area contributed by atoms with E-state index in [1.807, 2.05) is 14.7 Å². The van der Waals surface area contributed by atoms with Crippen molar-refractivity contribution < 1.29 is 14.4 Å². The van der Waals surface area contributed by atoms with Crippen LogP contribution in [0.2, 0.25) is 0 Å². The third-order valence-corrected chi connectivity index (χ3v) is 7.37. The summed E-state index contributed by atoms with van der Waals surface area (Å²) in [4.78, 5) is 43.4. The number of nitrogens with zero attached hydrogens (tertiary/aromatic N) is 3. The molecular weight excluding hydrogens is 354 g/mol. The van der Waals surface area contributed by atoms with Gasteiger partial charge in [-0.2, -0.15) is 0 Å². The average molecular weight is 390 g/mol. The fourth-order valence-corrected chi connectivity index (χ4v) is 5.58.